The topological polar surface area (TPSA) is 120 Å². The Labute approximate surface area is 192 Å². The predicted molar refractivity (Wildman–Crippen MR) is 128 cm³/mol. The van der Waals surface area contributed by atoms with Crippen molar-refractivity contribution in [1.82, 2.24) is 24.8 Å². The van der Waals surface area contributed by atoms with E-state index in [2.05, 4.69) is 31.2 Å². The van der Waals surface area contributed by atoms with Crippen LogP contribution in [-0.2, 0) is 4.79 Å². The third-order valence-electron chi connectivity index (χ3n) is 6.60. The fraction of sp³-hybridized carbons (Fsp3) is 0.417. The van der Waals surface area contributed by atoms with E-state index in [1.807, 2.05) is 30.6 Å². The van der Waals surface area contributed by atoms with Gasteiger partial charge in [0.2, 0.25) is 5.91 Å². The van der Waals surface area contributed by atoms with Gasteiger partial charge in [-0.1, -0.05) is 12.1 Å². The summed E-state index contributed by atoms with van der Waals surface area (Å²) in [5.41, 5.74) is 9.53. The molecule has 9 heteroatoms. The van der Waals surface area contributed by atoms with E-state index in [0.29, 0.717) is 17.2 Å². The first-order valence-electron chi connectivity index (χ1n) is 11.5. The van der Waals surface area contributed by atoms with Gasteiger partial charge in [-0.15, -0.1) is 0 Å². The molecule has 0 saturated heterocycles. The van der Waals surface area contributed by atoms with Gasteiger partial charge in [-0.3, -0.25) is 4.79 Å². The zero-order chi connectivity index (χ0) is 22.8. The molecule has 1 aromatic carbocycles. The monoisotopic (exact) mass is 447 g/mol. The molecule has 0 radical (unpaired) electrons. The van der Waals surface area contributed by atoms with E-state index in [1.54, 1.807) is 7.11 Å². The molecule has 0 atom stereocenters. The van der Waals surface area contributed by atoms with Gasteiger partial charge in [0.1, 0.15) is 11.3 Å². The van der Waals surface area contributed by atoms with Crippen molar-refractivity contribution in [3.8, 4) is 5.75 Å². The zero-order valence-corrected chi connectivity index (χ0v) is 18.8. The number of aromatic nitrogens is 4. The number of amides is 1. The largest absolute Gasteiger partial charge is 0.497 e. The Morgan fingerprint density at radius 1 is 1.24 bits per heavy atom. The lowest BCUT2D eigenvalue weighted by atomic mass is 9.85. The minimum Gasteiger partial charge on any atom is -0.497 e. The second kappa shape index (κ2) is 9.19. The third-order valence-corrected chi connectivity index (χ3v) is 6.60. The van der Waals surface area contributed by atoms with Crippen LogP contribution in [0.5, 0.6) is 5.75 Å². The van der Waals surface area contributed by atoms with Gasteiger partial charge >= 0.3 is 0 Å². The highest BCUT2D eigenvalue weighted by Gasteiger charge is 2.29. The number of nitrogen functional groups attached to an aromatic ring is 1. The van der Waals surface area contributed by atoms with Crippen molar-refractivity contribution >= 4 is 34.1 Å². The number of carbonyl (C=O) groups excluding carboxylic acids is 1. The van der Waals surface area contributed by atoms with Crippen molar-refractivity contribution in [2.75, 3.05) is 31.2 Å². The summed E-state index contributed by atoms with van der Waals surface area (Å²) >= 11 is 0. The molecule has 2 aromatic heterocycles. The lowest BCUT2D eigenvalue weighted by Crippen LogP contribution is -2.28. The SMILES string of the molecule is COc1cccc(NC(=O)[C@H]2CC[C@@H](n3cnc4c(N)nc(C5=CCNCC5)nc43)CC2)c1. The molecule has 1 fully saturated rings. The normalized spacial score (nSPS) is 20.9. The maximum absolute atomic E-state index is 12.8. The Kier molecular flexibility index (Phi) is 5.95. The van der Waals surface area contributed by atoms with Crippen LogP contribution in [0.4, 0.5) is 11.5 Å². The summed E-state index contributed by atoms with van der Waals surface area (Å²) < 4.78 is 7.36. The van der Waals surface area contributed by atoms with Crippen molar-refractivity contribution in [2.45, 2.75) is 38.1 Å². The quantitative estimate of drug-likeness (QED) is 0.549. The molecule has 5 rings (SSSR count). The number of ether oxygens (including phenoxy) is 1. The van der Waals surface area contributed by atoms with Crippen LogP contribution >= 0.6 is 0 Å². The number of hydrogen-bond donors (Lipinski definition) is 3. The molecule has 9 nitrogen and oxygen atoms in total. The van der Waals surface area contributed by atoms with Crippen LogP contribution in [0.3, 0.4) is 0 Å². The van der Waals surface area contributed by atoms with Crippen LogP contribution in [0.2, 0.25) is 0 Å². The van der Waals surface area contributed by atoms with Crippen LogP contribution < -0.4 is 21.1 Å². The standard InChI is InChI=1S/C24H29N7O2/c1-33-19-4-2-3-17(13-19)28-24(32)16-5-7-18(8-6-16)31-14-27-20-21(25)29-22(30-23(20)31)15-9-11-26-12-10-15/h2-4,9,13-14,16,18,26H,5-8,10-12H2,1H3,(H,28,32)(H2,25,29,30)/t16-,18+. The van der Waals surface area contributed by atoms with E-state index in [0.717, 1.165) is 67.9 Å². The Morgan fingerprint density at radius 3 is 2.85 bits per heavy atom. The van der Waals surface area contributed by atoms with Crippen molar-refractivity contribution in [1.29, 1.82) is 0 Å². The second-order valence-corrected chi connectivity index (χ2v) is 8.67. The van der Waals surface area contributed by atoms with Gasteiger partial charge < -0.3 is 25.7 Å². The van der Waals surface area contributed by atoms with E-state index in [9.17, 15) is 4.79 Å². The summed E-state index contributed by atoms with van der Waals surface area (Å²) in [7, 11) is 1.62. The number of imidazole rings is 1. The lowest BCUT2D eigenvalue weighted by Gasteiger charge is -2.28. The summed E-state index contributed by atoms with van der Waals surface area (Å²) in [4.78, 5) is 26.7. The average Bonchev–Trinajstić information content (AvgIpc) is 3.29. The van der Waals surface area contributed by atoms with Gasteiger partial charge in [0.25, 0.3) is 0 Å². The van der Waals surface area contributed by atoms with Gasteiger partial charge in [0, 0.05) is 30.3 Å². The molecular formula is C24H29N7O2. The number of carbonyl (C=O) groups is 1. The average molecular weight is 448 g/mol. The van der Waals surface area contributed by atoms with E-state index < -0.39 is 0 Å². The van der Waals surface area contributed by atoms with E-state index in [-0.39, 0.29) is 17.9 Å². The Hall–Kier alpha value is -3.46. The summed E-state index contributed by atoms with van der Waals surface area (Å²) in [6.07, 6.45) is 8.21. The van der Waals surface area contributed by atoms with E-state index in [1.165, 1.54) is 0 Å². The molecule has 4 N–H and O–H groups in total. The molecule has 2 aliphatic rings. The highest BCUT2D eigenvalue weighted by atomic mass is 16.5. The van der Waals surface area contributed by atoms with Crippen molar-refractivity contribution < 1.29 is 9.53 Å². The fourth-order valence-corrected chi connectivity index (χ4v) is 4.74. The first-order valence-corrected chi connectivity index (χ1v) is 11.5. The summed E-state index contributed by atoms with van der Waals surface area (Å²) in [5.74, 6) is 1.87. The smallest absolute Gasteiger partial charge is 0.227 e. The van der Waals surface area contributed by atoms with Crippen molar-refractivity contribution in [2.24, 2.45) is 5.92 Å². The third kappa shape index (κ3) is 4.41. The highest BCUT2D eigenvalue weighted by molar-refractivity contribution is 5.92. The van der Waals surface area contributed by atoms with Gasteiger partial charge in [0.15, 0.2) is 17.3 Å². The van der Waals surface area contributed by atoms with E-state index in [4.69, 9.17) is 15.5 Å². The van der Waals surface area contributed by atoms with E-state index >= 15 is 0 Å². The molecule has 0 bridgehead atoms. The van der Waals surface area contributed by atoms with Gasteiger partial charge in [0.05, 0.1) is 13.4 Å². The summed E-state index contributed by atoms with van der Waals surface area (Å²) in [5, 5.41) is 6.34. The first-order chi connectivity index (χ1) is 16.1. The molecule has 33 heavy (non-hydrogen) atoms. The number of methoxy groups -OCH3 is 1. The molecule has 1 aliphatic carbocycles. The molecule has 1 aliphatic heterocycles. The second-order valence-electron chi connectivity index (χ2n) is 8.67. The van der Waals surface area contributed by atoms with Gasteiger partial charge in [-0.2, -0.15) is 0 Å². The molecule has 3 heterocycles. The van der Waals surface area contributed by atoms with Crippen molar-refractivity contribution in [3.05, 3.63) is 42.5 Å². The molecule has 172 valence electrons. The fourth-order valence-electron chi connectivity index (χ4n) is 4.74. The number of fused-ring (bicyclic) bond motifs is 1. The highest BCUT2D eigenvalue weighted by Crippen LogP contribution is 2.35. The lowest BCUT2D eigenvalue weighted by molar-refractivity contribution is -0.120. The predicted octanol–water partition coefficient (Wildman–Crippen LogP) is 3.16. The number of nitrogens with zero attached hydrogens (tertiary/aromatic N) is 4. The number of nitrogens with two attached hydrogens (primary N) is 1. The number of benzene rings is 1. The number of nitrogens with one attached hydrogen (secondary N) is 2. The van der Waals surface area contributed by atoms with Gasteiger partial charge in [-0.05, 0) is 56.4 Å². The zero-order valence-electron chi connectivity index (χ0n) is 18.8. The Bertz CT molecular complexity index is 1190. The Balaban J connectivity index is 1.29. The molecular weight excluding hydrogens is 418 g/mol. The summed E-state index contributed by atoms with van der Waals surface area (Å²) in [6, 6.07) is 7.68. The molecule has 3 aromatic rings. The van der Waals surface area contributed by atoms with Crippen LogP contribution in [0, 0.1) is 5.92 Å². The van der Waals surface area contributed by atoms with Crippen LogP contribution in [0.25, 0.3) is 16.7 Å². The van der Waals surface area contributed by atoms with Crippen LogP contribution in [-0.4, -0.2) is 45.6 Å². The first kappa shape index (κ1) is 21.4. The molecule has 0 unspecified atom stereocenters. The maximum Gasteiger partial charge on any atom is 0.227 e. The Morgan fingerprint density at radius 2 is 2.09 bits per heavy atom. The number of rotatable bonds is 5. The minimum atomic E-state index is -0.0163. The van der Waals surface area contributed by atoms with Crippen LogP contribution in [0.1, 0.15) is 44.0 Å². The van der Waals surface area contributed by atoms with Gasteiger partial charge in [-0.25, -0.2) is 15.0 Å². The maximum atomic E-state index is 12.8. The minimum absolute atomic E-state index is 0.0163. The molecule has 1 saturated carbocycles. The van der Waals surface area contributed by atoms with Crippen molar-refractivity contribution in [3.63, 3.8) is 0 Å². The molecule has 0 spiro atoms. The van der Waals surface area contributed by atoms with Crippen LogP contribution in [0.15, 0.2) is 36.7 Å². The number of anilines is 2. The summed E-state index contributed by atoms with van der Waals surface area (Å²) in [6.45, 7) is 1.73. The number of hydrogen-bond acceptors (Lipinski definition) is 7. The molecule has 1 amide bonds.